The Hall–Kier alpha value is -2.53. The van der Waals surface area contributed by atoms with E-state index in [0.717, 1.165) is 0 Å². The van der Waals surface area contributed by atoms with Gasteiger partial charge in [0.1, 0.15) is 34.7 Å². The summed E-state index contributed by atoms with van der Waals surface area (Å²) >= 11 is 18.4. The molecule has 0 radical (unpaired) electrons. The number of anilines is 1. The molecule has 0 saturated heterocycles. The molecule has 0 aliphatic heterocycles. The smallest absolute Gasteiger partial charge is 0.416 e. The highest BCUT2D eigenvalue weighted by Gasteiger charge is 2.25. The Labute approximate surface area is 188 Å². The monoisotopic (exact) mass is 465 g/mol. The highest BCUT2D eigenvalue weighted by Crippen LogP contribution is 2.31. The highest BCUT2D eigenvalue weighted by atomic mass is 35.5. The fraction of sp³-hybridized carbons (Fsp3) is 0.300. The van der Waals surface area contributed by atoms with Gasteiger partial charge in [-0.05, 0) is 39.0 Å². The molecule has 7 nitrogen and oxygen atoms in total. The van der Waals surface area contributed by atoms with Gasteiger partial charge in [-0.3, -0.25) is 4.90 Å². The van der Waals surface area contributed by atoms with Crippen LogP contribution in [-0.2, 0) is 11.3 Å². The predicted octanol–water partition coefficient (Wildman–Crippen LogP) is 5.70. The molecule has 3 aromatic rings. The van der Waals surface area contributed by atoms with Crippen LogP contribution >= 0.6 is 34.8 Å². The second-order valence-corrected chi connectivity index (χ2v) is 8.68. The Morgan fingerprint density at radius 1 is 1.20 bits per heavy atom. The highest BCUT2D eigenvalue weighted by molar-refractivity contribution is 6.38. The first-order valence-electron chi connectivity index (χ1n) is 8.95. The van der Waals surface area contributed by atoms with Crippen LogP contribution in [0.3, 0.4) is 0 Å². The van der Waals surface area contributed by atoms with E-state index in [1.165, 1.54) is 17.3 Å². The minimum absolute atomic E-state index is 0.158. The van der Waals surface area contributed by atoms with Gasteiger partial charge in [0.15, 0.2) is 0 Å². The standard InChI is InChI=1S/C20H18Cl3N5O2/c1-20(2,3)30-19(29)28(18-9-17(23)25-11-26-18)5-4-27-13(10-24)8-14-15(22)6-12(21)7-16(14)27/h6-9,11H,4-5H2,1-3H3. The average Bonchev–Trinajstić information content (AvgIpc) is 2.98. The molecule has 0 saturated carbocycles. The van der Waals surface area contributed by atoms with E-state index in [9.17, 15) is 10.1 Å². The molecule has 0 spiro atoms. The minimum atomic E-state index is -0.703. The first-order valence-corrected chi connectivity index (χ1v) is 10.1. The maximum Gasteiger partial charge on any atom is 0.416 e. The van der Waals surface area contributed by atoms with Crippen LogP contribution in [0.4, 0.5) is 10.6 Å². The van der Waals surface area contributed by atoms with E-state index >= 15 is 0 Å². The lowest BCUT2D eigenvalue weighted by atomic mass is 10.2. The third-order valence-corrected chi connectivity index (χ3v) is 4.84. The molecular formula is C20H18Cl3N5O2. The van der Waals surface area contributed by atoms with Crippen molar-refractivity contribution < 1.29 is 9.53 Å². The number of halogens is 3. The Morgan fingerprint density at radius 2 is 1.93 bits per heavy atom. The summed E-state index contributed by atoms with van der Waals surface area (Å²) in [6.45, 7) is 5.74. The maximum atomic E-state index is 12.8. The number of amides is 1. The summed E-state index contributed by atoms with van der Waals surface area (Å²) < 4.78 is 7.26. The topological polar surface area (TPSA) is 84.0 Å². The zero-order chi connectivity index (χ0) is 22.1. The van der Waals surface area contributed by atoms with E-state index in [4.69, 9.17) is 39.5 Å². The van der Waals surface area contributed by atoms with Crippen molar-refractivity contribution in [2.24, 2.45) is 0 Å². The van der Waals surface area contributed by atoms with Gasteiger partial charge in [0.25, 0.3) is 0 Å². The lowest BCUT2D eigenvalue weighted by Gasteiger charge is -2.27. The molecule has 0 unspecified atom stereocenters. The van der Waals surface area contributed by atoms with E-state index in [1.807, 2.05) is 0 Å². The lowest BCUT2D eigenvalue weighted by Crippen LogP contribution is -2.39. The molecule has 156 valence electrons. The minimum Gasteiger partial charge on any atom is -0.443 e. The molecule has 1 amide bonds. The first kappa shape index (κ1) is 22.2. The number of nitriles is 1. The van der Waals surface area contributed by atoms with Crippen molar-refractivity contribution in [2.45, 2.75) is 32.9 Å². The van der Waals surface area contributed by atoms with Gasteiger partial charge in [-0.2, -0.15) is 5.26 Å². The SMILES string of the molecule is CC(C)(C)OC(=O)N(CCn1c(C#N)cc2c(Cl)cc(Cl)cc21)c1cc(Cl)ncn1. The van der Waals surface area contributed by atoms with Crippen molar-refractivity contribution >= 4 is 57.6 Å². The van der Waals surface area contributed by atoms with Crippen LogP contribution in [0.2, 0.25) is 15.2 Å². The van der Waals surface area contributed by atoms with Gasteiger partial charge in [-0.25, -0.2) is 14.8 Å². The van der Waals surface area contributed by atoms with Crippen LogP contribution in [0.1, 0.15) is 26.5 Å². The Balaban J connectivity index is 1.98. The third kappa shape index (κ3) is 4.96. The number of nitrogens with zero attached hydrogens (tertiary/aromatic N) is 5. The summed E-state index contributed by atoms with van der Waals surface area (Å²) in [6.07, 6.45) is 0.670. The van der Waals surface area contributed by atoms with Crippen molar-refractivity contribution in [3.63, 3.8) is 0 Å². The van der Waals surface area contributed by atoms with E-state index in [-0.39, 0.29) is 24.1 Å². The van der Waals surface area contributed by atoms with Crippen LogP contribution in [0.15, 0.2) is 30.6 Å². The van der Waals surface area contributed by atoms with E-state index in [1.54, 1.807) is 43.5 Å². The molecule has 0 aliphatic rings. The second kappa shape index (κ2) is 8.68. The number of hydrogen-bond donors (Lipinski definition) is 0. The van der Waals surface area contributed by atoms with Gasteiger partial charge in [-0.15, -0.1) is 0 Å². The van der Waals surface area contributed by atoms with Gasteiger partial charge in [0.05, 0.1) is 10.5 Å². The largest absolute Gasteiger partial charge is 0.443 e. The van der Waals surface area contributed by atoms with Crippen molar-refractivity contribution in [1.82, 2.24) is 14.5 Å². The van der Waals surface area contributed by atoms with Crippen molar-refractivity contribution in [1.29, 1.82) is 5.26 Å². The summed E-state index contributed by atoms with van der Waals surface area (Å²) in [7, 11) is 0. The Bertz CT molecular complexity index is 1150. The van der Waals surface area contributed by atoms with E-state index < -0.39 is 11.7 Å². The summed E-state index contributed by atoms with van der Waals surface area (Å²) in [6, 6.07) is 8.65. The van der Waals surface area contributed by atoms with Gasteiger partial charge in [-0.1, -0.05) is 34.8 Å². The zero-order valence-electron chi connectivity index (χ0n) is 16.5. The van der Waals surface area contributed by atoms with Crippen LogP contribution < -0.4 is 4.90 Å². The number of benzene rings is 1. The summed E-state index contributed by atoms with van der Waals surface area (Å²) in [5, 5.41) is 11.4. The van der Waals surface area contributed by atoms with Gasteiger partial charge in [0, 0.05) is 29.6 Å². The molecule has 0 N–H and O–H groups in total. The van der Waals surface area contributed by atoms with Gasteiger partial charge >= 0.3 is 6.09 Å². The van der Waals surface area contributed by atoms with Crippen LogP contribution in [0, 0.1) is 11.3 Å². The van der Waals surface area contributed by atoms with Crippen molar-refractivity contribution in [3.8, 4) is 6.07 Å². The quantitative estimate of drug-likeness (QED) is 0.460. The van der Waals surface area contributed by atoms with Crippen molar-refractivity contribution in [2.75, 3.05) is 11.4 Å². The molecule has 2 aromatic heterocycles. The van der Waals surface area contributed by atoms with Crippen molar-refractivity contribution in [3.05, 3.63) is 51.5 Å². The normalized spacial score (nSPS) is 11.4. The first-order chi connectivity index (χ1) is 14.1. The number of ether oxygens (including phenoxy) is 1. The maximum absolute atomic E-state index is 12.8. The molecule has 3 rings (SSSR count). The molecule has 0 bridgehead atoms. The van der Waals surface area contributed by atoms with Crippen LogP contribution in [0.5, 0.6) is 0 Å². The molecule has 10 heteroatoms. The molecule has 1 aromatic carbocycles. The summed E-state index contributed by atoms with van der Waals surface area (Å²) in [5.74, 6) is 0.287. The molecule has 30 heavy (non-hydrogen) atoms. The van der Waals surface area contributed by atoms with E-state index in [2.05, 4.69) is 16.0 Å². The Kier molecular flexibility index (Phi) is 6.41. The zero-order valence-corrected chi connectivity index (χ0v) is 18.8. The molecular weight excluding hydrogens is 449 g/mol. The lowest BCUT2D eigenvalue weighted by molar-refractivity contribution is 0.0578. The van der Waals surface area contributed by atoms with Crippen LogP contribution in [0.25, 0.3) is 10.9 Å². The number of carbonyl (C=O) groups is 1. The fourth-order valence-corrected chi connectivity index (χ4v) is 3.58. The van der Waals surface area contributed by atoms with Gasteiger partial charge in [0.2, 0.25) is 0 Å². The number of fused-ring (bicyclic) bond motifs is 1. The fourth-order valence-electron chi connectivity index (χ4n) is 2.90. The molecule has 0 fully saturated rings. The summed E-state index contributed by atoms with van der Waals surface area (Å²) in [4.78, 5) is 22.2. The number of aromatic nitrogens is 3. The number of hydrogen-bond acceptors (Lipinski definition) is 5. The number of rotatable bonds is 4. The Morgan fingerprint density at radius 3 is 2.57 bits per heavy atom. The van der Waals surface area contributed by atoms with E-state index in [0.29, 0.717) is 26.6 Å². The average molecular weight is 467 g/mol. The summed E-state index contributed by atoms with van der Waals surface area (Å²) in [5.41, 5.74) is 0.374. The van der Waals surface area contributed by atoms with Crippen LogP contribution in [-0.4, -0.2) is 32.8 Å². The predicted molar refractivity (Wildman–Crippen MR) is 117 cm³/mol. The third-order valence-electron chi connectivity index (χ3n) is 4.11. The molecule has 0 atom stereocenters. The van der Waals surface area contributed by atoms with Gasteiger partial charge < -0.3 is 9.30 Å². The number of carbonyl (C=O) groups excluding carboxylic acids is 1. The second-order valence-electron chi connectivity index (χ2n) is 7.44. The molecule has 2 heterocycles. The molecule has 0 aliphatic carbocycles.